The standard InChI is InChI=1S/C19H18F3N5O3/c1-29-13-4-2-3-12(9-13)14-10-15(24-23-14)17(28)27-7-5-11(6-8-27)16-25-26-18(30-16)19(20,21)22/h2-4,9-11H,5-8H2,1H3,(H,23,24). The Kier molecular flexibility index (Phi) is 5.18. The fourth-order valence-electron chi connectivity index (χ4n) is 3.38. The van der Waals surface area contributed by atoms with E-state index in [1.807, 2.05) is 24.3 Å². The number of aromatic amines is 1. The highest BCUT2D eigenvalue weighted by Gasteiger charge is 2.39. The maximum Gasteiger partial charge on any atom is 0.470 e. The summed E-state index contributed by atoms with van der Waals surface area (Å²) in [4.78, 5) is 14.4. The molecule has 1 fully saturated rings. The Morgan fingerprint density at radius 2 is 2.00 bits per heavy atom. The molecule has 1 aliphatic heterocycles. The molecular weight excluding hydrogens is 403 g/mol. The number of hydrogen-bond acceptors (Lipinski definition) is 6. The smallest absolute Gasteiger partial charge is 0.470 e. The molecule has 0 aliphatic carbocycles. The average Bonchev–Trinajstić information content (AvgIpc) is 3.43. The van der Waals surface area contributed by atoms with Crippen molar-refractivity contribution in [3.05, 3.63) is 47.8 Å². The molecule has 8 nitrogen and oxygen atoms in total. The fraction of sp³-hybridized carbons (Fsp3) is 0.368. The van der Waals surface area contributed by atoms with Gasteiger partial charge in [-0.3, -0.25) is 9.89 Å². The van der Waals surface area contributed by atoms with E-state index in [0.29, 0.717) is 43.1 Å². The first-order chi connectivity index (χ1) is 14.3. The highest BCUT2D eigenvalue weighted by molar-refractivity contribution is 5.93. The van der Waals surface area contributed by atoms with Crippen molar-refractivity contribution >= 4 is 5.91 Å². The number of halogens is 3. The van der Waals surface area contributed by atoms with Gasteiger partial charge in [0.15, 0.2) is 0 Å². The van der Waals surface area contributed by atoms with Gasteiger partial charge in [0.25, 0.3) is 5.91 Å². The Balaban J connectivity index is 1.40. The van der Waals surface area contributed by atoms with E-state index in [1.165, 1.54) is 0 Å². The van der Waals surface area contributed by atoms with Crippen molar-refractivity contribution in [3.8, 4) is 17.0 Å². The Hall–Kier alpha value is -3.37. The number of piperidine rings is 1. The van der Waals surface area contributed by atoms with Gasteiger partial charge in [0.1, 0.15) is 11.4 Å². The molecule has 0 radical (unpaired) electrons. The van der Waals surface area contributed by atoms with Crippen molar-refractivity contribution in [1.29, 1.82) is 0 Å². The van der Waals surface area contributed by atoms with Crippen LogP contribution < -0.4 is 4.74 Å². The van der Waals surface area contributed by atoms with Crippen LogP contribution in [-0.2, 0) is 6.18 Å². The van der Waals surface area contributed by atoms with Crippen molar-refractivity contribution in [3.63, 3.8) is 0 Å². The lowest BCUT2D eigenvalue weighted by atomic mass is 9.96. The molecule has 1 N–H and O–H groups in total. The van der Waals surface area contributed by atoms with E-state index in [4.69, 9.17) is 9.15 Å². The van der Waals surface area contributed by atoms with Crippen molar-refractivity contribution in [2.24, 2.45) is 0 Å². The lowest BCUT2D eigenvalue weighted by Gasteiger charge is -2.30. The van der Waals surface area contributed by atoms with Gasteiger partial charge in [-0.05, 0) is 31.0 Å². The molecule has 0 spiro atoms. The van der Waals surface area contributed by atoms with E-state index in [1.54, 1.807) is 18.1 Å². The third kappa shape index (κ3) is 4.00. The van der Waals surface area contributed by atoms with Crippen LogP contribution in [0.25, 0.3) is 11.3 Å². The summed E-state index contributed by atoms with van der Waals surface area (Å²) in [6.45, 7) is 0.724. The molecule has 3 aromatic rings. The predicted molar refractivity (Wildman–Crippen MR) is 97.8 cm³/mol. The minimum Gasteiger partial charge on any atom is -0.497 e. The van der Waals surface area contributed by atoms with E-state index in [0.717, 1.165) is 5.56 Å². The third-order valence-electron chi connectivity index (χ3n) is 4.99. The summed E-state index contributed by atoms with van der Waals surface area (Å²) in [5.74, 6) is -1.25. The Morgan fingerprint density at radius 1 is 1.23 bits per heavy atom. The van der Waals surface area contributed by atoms with Gasteiger partial charge in [-0.25, -0.2) is 0 Å². The molecule has 158 valence electrons. The summed E-state index contributed by atoms with van der Waals surface area (Å²) in [5.41, 5.74) is 1.75. The number of likely N-dealkylation sites (tertiary alicyclic amines) is 1. The molecule has 1 aromatic carbocycles. The van der Waals surface area contributed by atoms with E-state index < -0.39 is 12.1 Å². The topological polar surface area (TPSA) is 97.1 Å². The van der Waals surface area contributed by atoms with Crippen LogP contribution in [0.5, 0.6) is 5.75 Å². The number of nitrogens with zero attached hydrogens (tertiary/aromatic N) is 4. The number of nitrogens with one attached hydrogen (secondary N) is 1. The summed E-state index contributed by atoms with van der Waals surface area (Å²) in [6, 6.07) is 8.98. The molecule has 11 heteroatoms. The van der Waals surface area contributed by atoms with Gasteiger partial charge in [-0.2, -0.15) is 18.3 Å². The van der Waals surface area contributed by atoms with Crippen LogP contribution in [-0.4, -0.2) is 51.4 Å². The van der Waals surface area contributed by atoms with E-state index in [2.05, 4.69) is 20.4 Å². The van der Waals surface area contributed by atoms with Crippen LogP contribution in [0.4, 0.5) is 13.2 Å². The quantitative estimate of drug-likeness (QED) is 0.693. The van der Waals surface area contributed by atoms with Crippen molar-refractivity contribution in [2.75, 3.05) is 20.2 Å². The zero-order chi connectivity index (χ0) is 21.3. The first-order valence-electron chi connectivity index (χ1n) is 9.25. The number of aromatic nitrogens is 4. The van der Waals surface area contributed by atoms with Crippen molar-refractivity contribution in [2.45, 2.75) is 24.9 Å². The predicted octanol–water partition coefficient (Wildman–Crippen LogP) is 3.51. The van der Waals surface area contributed by atoms with Gasteiger partial charge >= 0.3 is 12.1 Å². The minimum atomic E-state index is -4.66. The SMILES string of the molecule is COc1cccc(-c2cc(C(=O)N3CCC(c4nnc(C(F)(F)F)o4)CC3)[nH]n2)c1. The zero-order valence-corrected chi connectivity index (χ0v) is 15.9. The molecule has 3 heterocycles. The van der Waals surface area contributed by atoms with Crippen LogP contribution in [0.3, 0.4) is 0 Å². The number of rotatable bonds is 4. The number of H-pyrrole nitrogens is 1. The normalized spacial score (nSPS) is 15.4. The first-order valence-corrected chi connectivity index (χ1v) is 9.25. The summed E-state index contributed by atoms with van der Waals surface area (Å²) in [6.07, 6.45) is -3.80. The highest BCUT2D eigenvalue weighted by atomic mass is 19.4. The number of carbonyl (C=O) groups is 1. The third-order valence-corrected chi connectivity index (χ3v) is 4.99. The van der Waals surface area contributed by atoms with Crippen LogP contribution in [0.2, 0.25) is 0 Å². The largest absolute Gasteiger partial charge is 0.497 e. The van der Waals surface area contributed by atoms with E-state index in [9.17, 15) is 18.0 Å². The van der Waals surface area contributed by atoms with Gasteiger partial charge < -0.3 is 14.1 Å². The molecule has 4 rings (SSSR count). The van der Waals surface area contributed by atoms with Gasteiger partial charge in [-0.1, -0.05) is 12.1 Å². The molecule has 2 aromatic heterocycles. The Morgan fingerprint density at radius 3 is 2.67 bits per heavy atom. The molecular formula is C19H18F3N5O3. The fourth-order valence-corrected chi connectivity index (χ4v) is 3.38. The Bertz CT molecular complexity index is 1040. The maximum atomic E-state index is 12.8. The van der Waals surface area contributed by atoms with Gasteiger partial charge in [0.05, 0.1) is 12.8 Å². The summed E-state index contributed by atoms with van der Waals surface area (Å²) >= 11 is 0. The second-order valence-electron chi connectivity index (χ2n) is 6.91. The summed E-state index contributed by atoms with van der Waals surface area (Å²) in [7, 11) is 1.57. The van der Waals surface area contributed by atoms with Crippen LogP contribution in [0, 0.1) is 0 Å². The molecule has 1 amide bonds. The molecule has 30 heavy (non-hydrogen) atoms. The summed E-state index contributed by atoms with van der Waals surface area (Å²) < 4.78 is 47.8. The van der Waals surface area contributed by atoms with E-state index in [-0.39, 0.29) is 17.7 Å². The minimum absolute atomic E-state index is 0.0451. The molecule has 0 saturated carbocycles. The first kappa shape index (κ1) is 19.9. The van der Waals surface area contributed by atoms with Crippen LogP contribution in [0.1, 0.15) is 41.0 Å². The number of ether oxygens (including phenoxy) is 1. The number of benzene rings is 1. The number of carbonyl (C=O) groups excluding carboxylic acids is 1. The van der Waals surface area contributed by atoms with Crippen molar-refractivity contribution < 1.29 is 27.1 Å². The lowest BCUT2D eigenvalue weighted by Crippen LogP contribution is -2.38. The van der Waals surface area contributed by atoms with Gasteiger partial charge in [0, 0.05) is 24.6 Å². The van der Waals surface area contributed by atoms with Crippen molar-refractivity contribution in [1.82, 2.24) is 25.3 Å². The number of alkyl halides is 3. The average molecular weight is 421 g/mol. The number of hydrogen-bond donors (Lipinski definition) is 1. The highest BCUT2D eigenvalue weighted by Crippen LogP contribution is 2.33. The number of methoxy groups -OCH3 is 1. The Labute approximate surface area is 169 Å². The molecule has 1 aliphatic rings. The second kappa shape index (κ2) is 7.81. The molecule has 0 atom stereocenters. The monoisotopic (exact) mass is 421 g/mol. The lowest BCUT2D eigenvalue weighted by molar-refractivity contribution is -0.157. The van der Waals surface area contributed by atoms with Gasteiger partial charge in [0.2, 0.25) is 5.89 Å². The van der Waals surface area contributed by atoms with E-state index >= 15 is 0 Å². The molecule has 0 unspecified atom stereocenters. The molecule has 1 saturated heterocycles. The maximum absolute atomic E-state index is 12.8. The molecule has 0 bridgehead atoms. The van der Waals surface area contributed by atoms with Crippen LogP contribution >= 0.6 is 0 Å². The second-order valence-corrected chi connectivity index (χ2v) is 6.91. The van der Waals surface area contributed by atoms with Crippen LogP contribution in [0.15, 0.2) is 34.7 Å². The van der Waals surface area contributed by atoms with Gasteiger partial charge in [-0.15, -0.1) is 10.2 Å². The summed E-state index contributed by atoms with van der Waals surface area (Å²) in [5, 5.41) is 13.5. The zero-order valence-electron chi connectivity index (χ0n) is 15.9. The number of amides is 1.